The topological polar surface area (TPSA) is 106 Å². The van der Waals surface area contributed by atoms with E-state index in [1.54, 1.807) is 31.3 Å². The largest absolute Gasteiger partial charge is 0.493 e. The number of aryl methyl sites for hydroxylation is 1. The summed E-state index contributed by atoms with van der Waals surface area (Å²) in [5.74, 6) is -0.455. The van der Waals surface area contributed by atoms with E-state index in [-0.39, 0.29) is 30.3 Å². The lowest BCUT2D eigenvalue weighted by atomic mass is 9.73. The van der Waals surface area contributed by atoms with Crippen molar-refractivity contribution in [2.24, 2.45) is 23.7 Å². The highest BCUT2D eigenvalue weighted by Gasteiger charge is 2.72. The van der Waals surface area contributed by atoms with Gasteiger partial charge in [0.15, 0.2) is 11.5 Å². The van der Waals surface area contributed by atoms with Crippen molar-refractivity contribution in [3.63, 3.8) is 0 Å². The lowest BCUT2D eigenvalue weighted by Gasteiger charge is -2.38. The number of carbonyl (C=O) groups is 3. The average Bonchev–Trinajstić information content (AvgIpc) is 3.67. The van der Waals surface area contributed by atoms with Crippen LogP contribution in [0.5, 0.6) is 11.5 Å². The minimum absolute atomic E-state index is 0.00691. The Balaban J connectivity index is 1.30. The van der Waals surface area contributed by atoms with Crippen LogP contribution in [0.15, 0.2) is 48.6 Å². The standard InChI is InChI=1S/C35H42ClN3O6/c1-19-7-6-8-25(21(19)3)38-33(41)31-35-15-13-27(45-35)29(32(40)37-23-11-9-20(2)24(36)18-23)30(35)34(42)39(31)16-14-22-10-12-26(43-4)28(17-22)44-5/h9-13,15,17-19,21,25,27,29-31H,6-8,14,16H2,1-5H3,(H,37,40)(H,38,41)/t19?,21?,25?,27-,29?,30-,31?,35?/m1/s1. The molecule has 0 aromatic heterocycles. The van der Waals surface area contributed by atoms with Crippen LogP contribution in [-0.2, 0) is 25.5 Å². The molecule has 45 heavy (non-hydrogen) atoms. The van der Waals surface area contributed by atoms with Crippen molar-refractivity contribution in [3.8, 4) is 11.5 Å². The Morgan fingerprint density at radius 3 is 2.58 bits per heavy atom. The molecule has 2 aromatic carbocycles. The van der Waals surface area contributed by atoms with Gasteiger partial charge in [-0.2, -0.15) is 0 Å². The number of anilines is 1. The Kier molecular flexibility index (Phi) is 8.61. The molecule has 8 atom stereocenters. The summed E-state index contributed by atoms with van der Waals surface area (Å²) in [4.78, 5) is 44.1. The zero-order valence-corrected chi connectivity index (χ0v) is 27.2. The van der Waals surface area contributed by atoms with Gasteiger partial charge in [-0.1, -0.05) is 62.6 Å². The number of halogens is 1. The van der Waals surface area contributed by atoms with E-state index in [2.05, 4.69) is 24.5 Å². The molecule has 3 heterocycles. The fourth-order valence-corrected chi connectivity index (χ4v) is 7.92. The molecule has 6 unspecified atom stereocenters. The molecule has 0 radical (unpaired) electrons. The maximum atomic E-state index is 14.4. The van der Waals surface area contributed by atoms with Crippen molar-refractivity contribution in [2.75, 3.05) is 26.1 Å². The van der Waals surface area contributed by atoms with Crippen LogP contribution in [0.4, 0.5) is 5.69 Å². The van der Waals surface area contributed by atoms with Crippen LogP contribution in [0, 0.1) is 30.6 Å². The van der Waals surface area contributed by atoms with Crippen molar-refractivity contribution in [3.05, 3.63) is 64.7 Å². The summed E-state index contributed by atoms with van der Waals surface area (Å²) < 4.78 is 17.4. The molecular weight excluding hydrogens is 594 g/mol. The first-order valence-corrected chi connectivity index (χ1v) is 16.2. The summed E-state index contributed by atoms with van der Waals surface area (Å²) in [6, 6.07) is 10.0. The van der Waals surface area contributed by atoms with E-state index >= 15 is 0 Å². The van der Waals surface area contributed by atoms with Gasteiger partial charge in [-0.15, -0.1) is 0 Å². The fourth-order valence-electron chi connectivity index (χ4n) is 7.74. The minimum atomic E-state index is -1.24. The van der Waals surface area contributed by atoms with Crippen LogP contribution in [-0.4, -0.2) is 67.2 Å². The molecule has 3 aliphatic heterocycles. The number of hydrogen-bond acceptors (Lipinski definition) is 6. The first kappa shape index (κ1) is 31.4. The maximum Gasteiger partial charge on any atom is 0.246 e. The average molecular weight is 636 g/mol. The van der Waals surface area contributed by atoms with Crippen molar-refractivity contribution < 1.29 is 28.6 Å². The number of fused-ring (bicyclic) bond motifs is 1. The second-order valence-corrected chi connectivity index (χ2v) is 13.4. The monoisotopic (exact) mass is 635 g/mol. The number of nitrogens with one attached hydrogen (secondary N) is 2. The van der Waals surface area contributed by atoms with Crippen LogP contribution in [0.25, 0.3) is 0 Å². The van der Waals surface area contributed by atoms with Crippen LogP contribution in [0.1, 0.15) is 44.2 Å². The van der Waals surface area contributed by atoms with E-state index in [1.165, 1.54) is 0 Å². The van der Waals surface area contributed by atoms with E-state index in [1.807, 2.05) is 43.3 Å². The molecule has 1 aliphatic carbocycles. The second-order valence-electron chi connectivity index (χ2n) is 13.0. The third kappa shape index (κ3) is 5.48. The van der Waals surface area contributed by atoms with Gasteiger partial charge >= 0.3 is 0 Å². The zero-order valence-electron chi connectivity index (χ0n) is 26.5. The maximum absolute atomic E-state index is 14.4. The van der Waals surface area contributed by atoms with Crippen LogP contribution >= 0.6 is 11.6 Å². The molecule has 4 aliphatic rings. The zero-order chi connectivity index (χ0) is 32.0. The molecule has 2 bridgehead atoms. The summed E-state index contributed by atoms with van der Waals surface area (Å²) in [6.07, 6.45) is 6.61. The smallest absolute Gasteiger partial charge is 0.246 e. The Bertz CT molecular complexity index is 1530. The van der Waals surface area contributed by atoms with Crippen molar-refractivity contribution in [2.45, 2.75) is 70.2 Å². The van der Waals surface area contributed by atoms with E-state index in [0.717, 1.165) is 30.4 Å². The van der Waals surface area contributed by atoms with Crippen LogP contribution < -0.4 is 20.1 Å². The van der Waals surface area contributed by atoms with Crippen molar-refractivity contribution in [1.29, 1.82) is 0 Å². The number of amides is 3. The SMILES string of the molecule is COc1ccc(CCN2C(=O)[C@H]3C(C(=O)Nc4ccc(C)c(Cl)c4)[C@H]4C=CC3(O4)C2C(=O)NC2CCCC(C)C2C)cc1OC. The Hall–Kier alpha value is -3.56. The number of methoxy groups -OCH3 is 2. The highest BCUT2D eigenvalue weighted by atomic mass is 35.5. The Morgan fingerprint density at radius 1 is 1.07 bits per heavy atom. The first-order valence-electron chi connectivity index (χ1n) is 15.8. The third-order valence-electron chi connectivity index (χ3n) is 10.5. The quantitative estimate of drug-likeness (QED) is 0.378. The molecule has 3 amide bonds. The van der Waals surface area contributed by atoms with Crippen LogP contribution in [0.2, 0.25) is 5.02 Å². The summed E-state index contributed by atoms with van der Waals surface area (Å²) >= 11 is 6.32. The molecule has 2 aromatic rings. The predicted octanol–water partition coefficient (Wildman–Crippen LogP) is 4.94. The number of likely N-dealkylation sites (tertiary alicyclic amines) is 1. The van der Waals surface area contributed by atoms with Gasteiger partial charge in [0.05, 0.1) is 32.2 Å². The van der Waals surface area contributed by atoms with Gasteiger partial charge < -0.3 is 29.7 Å². The second kappa shape index (κ2) is 12.3. The summed E-state index contributed by atoms with van der Waals surface area (Å²) in [7, 11) is 3.16. The molecule has 1 spiro atoms. The lowest BCUT2D eigenvalue weighted by Crippen LogP contribution is -2.58. The van der Waals surface area contributed by atoms with Gasteiger partial charge in [-0.05, 0) is 67.0 Å². The summed E-state index contributed by atoms with van der Waals surface area (Å²) in [5.41, 5.74) is 1.13. The van der Waals surface area contributed by atoms with E-state index in [4.69, 9.17) is 25.8 Å². The van der Waals surface area contributed by atoms with Crippen LogP contribution in [0.3, 0.4) is 0 Å². The third-order valence-corrected chi connectivity index (χ3v) is 10.9. The van der Waals surface area contributed by atoms with Gasteiger partial charge in [-0.3, -0.25) is 14.4 Å². The molecular formula is C35H42ClN3O6. The highest BCUT2D eigenvalue weighted by molar-refractivity contribution is 6.31. The number of hydrogen-bond donors (Lipinski definition) is 2. The summed E-state index contributed by atoms with van der Waals surface area (Å²) in [5, 5.41) is 6.80. The molecule has 240 valence electrons. The number of ether oxygens (including phenoxy) is 3. The van der Waals surface area contributed by atoms with Gasteiger partial charge in [0.1, 0.15) is 11.6 Å². The van der Waals surface area contributed by atoms with Gasteiger partial charge in [-0.25, -0.2) is 0 Å². The Morgan fingerprint density at radius 2 is 1.84 bits per heavy atom. The van der Waals surface area contributed by atoms with E-state index in [9.17, 15) is 14.4 Å². The number of rotatable bonds is 9. The van der Waals surface area contributed by atoms with Gasteiger partial charge in [0.2, 0.25) is 17.7 Å². The van der Waals surface area contributed by atoms with Crippen molar-refractivity contribution in [1.82, 2.24) is 10.2 Å². The molecule has 3 fully saturated rings. The normalized spacial score (nSPS) is 31.6. The lowest BCUT2D eigenvalue weighted by molar-refractivity contribution is -0.141. The summed E-state index contributed by atoms with van der Waals surface area (Å²) in [6.45, 7) is 6.56. The first-order chi connectivity index (χ1) is 21.6. The van der Waals surface area contributed by atoms with Gasteiger partial charge in [0.25, 0.3) is 0 Å². The number of benzene rings is 2. The minimum Gasteiger partial charge on any atom is -0.493 e. The molecule has 10 heteroatoms. The highest BCUT2D eigenvalue weighted by Crippen LogP contribution is 2.55. The number of carbonyl (C=O) groups excluding carboxylic acids is 3. The van der Waals surface area contributed by atoms with E-state index < -0.39 is 29.6 Å². The molecule has 2 saturated heterocycles. The van der Waals surface area contributed by atoms with Gasteiger partial charge in [0, 0.05) is 23.3 Å². The molecule has 2 N–H and O–H groups in total. The van der Waals surface area contributed by atoms with E-state index in [0.29, 0.717) is 40.5 Å². The molecule has 1 saturated carbocycles. The number of nitrogens with zero attached hydrogens (tertiary/aromatic N) is 1. The molecule has 9 nitrogen and oxygen atoms in total. The molecule has 6 rings (SSSR count). The predicted molar refractivity (Wildman–Crippen MR) is 171 cm³/mol. The van der Waals surface area contributed by atoms with Crippen molar-refractivity contribution >= 4 is 35.0 Å². The fraction of sp³-hybridized carbons (Fsp3) is 0.514. The Labute approximate surface area is 269 Å².